The quantitative estimate of drug-likeness (QED) is 0.709. The largest absolute Gasteiger partial charge is 0.370 e. The van der Waals surface area contributed by atoms with Crippen LogP contribution in [0.2, 0.25) is 0 Å². The van der Waals surface area contributed by atoms with Gasteiger partial charge in [-0.15, -0.1) is 0 Å². The first-order valence-corrected chi connectivity index (χ1v) is 6.01. The van der Waals surface area contributed by atoms with Crippen molar-refractivity contribution >= 4 is 5.78 Å². The van der Waals surface area contributed by atoms with Gasteiger partial charge in [-0.3, -0.25) is 4.79 Å². The van der Waals surface area contributed by atoms with Crippen LogP contribution in [-0.2, 0) is 4.74 Å². The Morgan fingerprint density at radius 3 is 2.59 bits per heavy atom. The summed E-state index contributed by atoms with van der Waals surface area (Å²) in [6, 6.07) is 4.39. The van der Waals surface area contributed by atoms with Crippen molar-refractivity contribution in [3.05, 3.63) is 35.1 Å². The Hall–Kier alpha value is -1.22. The van der Waals surface area contributed by atoms with E-state index in [0.29, 0.717) is 18.6 Å². The molecular weight excluding hydrogens is 219 g/mol. The number of carbonyl (C=O) groups excluding carboxylic acids is 1. The molecule has 0 fully saturated rings. The molecule has 0 heterocycles. The molecule has 1 aromatic carbocycles. The van der Waals surface area contributed by atoms with Gasteiger partial charge in [-0.25, -0.2) is 4.39 Å². The van der Waals surface area contributed by atoms with E-state index in [4.69, 9.17) is 4.74 Å². The van der Waals surface area contributed by atoms with Gasteiger partial charge in [-0.2, -0.15) is 0 Å². The van der Waals surface area contributed by atoms with Crippen LogP contribution in [0.15, 0.2) is 18.2 Å². The first kappa shape index (κ1) is 13.8. The fraction of sp³-hybridized carbons (Fsp3) is 0.500. The molecule has 1 rings (SSSR count). The van der Waals surface area contributed by atoms with Gasteiger partial charge < -0.3 is 4.74 Å². The van der Waals surface area contributed by atoms with Gasteiger partial charge in [-0.05, 0) is 44.0 Å². The lowest BCUT2D eigenvalue weighted by atomic mass is 10.0. The van der Waals surface area contributed by atoms with Crippen LogP contribution in [0.3, 0.4) is 0 Å². The third-order valence-corrected chi connectivity index (χ3v) is 2.54. The number of aryl methyl sites for hydroxylation is 1. The maximum Gasteiger partial charge on any atom is 0.191 e. The van der Waals surface area contributed by atoms with E-state index in [1.165, 1.54) is 12.1 Å². The molecule has 1 aromatic rings. The van der Waals surface area contributed by atoms with E-state index in [9.17, 15) is 9.18 Å². The molecule has 3 heteroatoms. The van der Waals surface area contributed by atoms with Crippen molar-refractivity contribution in [2.45, 2.75) is 39.7 Å². The smallest absolute Gasteiger partial charge is 0.191 e. The minimum Gasteiger partial charge on any atom is -0.370 e. The molecular formula is C14H19FO2. The Balaban J connectivity index is 2.92. The van der Waals surface area contributed by atoms with Crippen molar-refractivity contribution in [3.8, 4) is 0 Å². The average Bonchev–Trinajstić information content (AvgIpc) is 2.26. The Bertz CT molecular complexity index is 362. The SMILES string of the molecule is CCCC(OCC)C(=O)c1cc(C)cc(F)c1. The van der Waals surface area contributed by atoms with Crippen LogP contribution >= 0.6 is 0 Å². The van der Waals surface area contributed by atoms with Gasteiger partial charge in [0, 0.05) is 12.2 Å². The lowest BCUT2D eigenvalue weighted by Gasteiger charge is -2.15. The number of hydrogen-bond acceptors (Lipinski definition) is 2. The summed E-state index contributed by atoms with van der Waals surface area (Å²) in [5, 5.41) is 0. The summed E-state index contributed by atoms with van der Waals surface area (Å²) >= 11 is 0. The molecule has 1 unspecified atom stereocenters. The van der Waals surface area contributed by atoms with Crippen molar-refractivity contribution in [2.75, 3.05) is 6.61 Å². The summed E-state index contributed by atoms with van der Waals surface area (Å²) in [6.07, 6.45) is 1.08. The van der Waals surface area contributed by atoms with Crippen molar-refractivity contribution in [2.24, 2.45) is 0 Å². The molecule has 2 nitrogen and oxygen atoms in total. The Morgan fingerprint density at radius 2 is 2.06 bits per heavy atom. The van der Waals surface area contributed by atoms with Crippen molar-refractivity contribution in [3.63, 3.8) is 0 Å². The number of ether oxygens (including phenoxy) is 1. The third-order valence-electron chi connectivity index (χ3n) is 2.54. The zero-order chi connectivity index (χ0) is 12.8. The van der Waals surface area contributed by atoms with Crippen molar-refractivity contribution in [1.82, 2.24) is 0 Å². The highest BCUT2D eigenvalue weighted by Crippen LogP contribution is 2.14. The zero-order valence-corrected chi connectivity index (χ0v) is 10.6. The topological polar surface area (TPSA) is 26.3 Å². The average molecular weight is 238 g/mol. The van der Waals surface area contributed by atoms with Crippen LogP contribution in [0.5, 0.6) is 0 Å². The normalized spacial score (nSPS) is 12.5. The highest BCUT2D eigenvalue weighted by Gasteiger charge is 2.20. The monoisotopic (exact) mass is 238 g/mol. The summed E-state index contributed by atoms with van der Waals surface area (Å²) in [6.45, 7) is 6.11. The fourth-order valence-corrected chi connectivity index (χ4v) is 1.82. The molecule has 0 saturated heterocycles. The number of rotatable bonds is 6. The molecule has 0 bridgehead atoms. The predicted octanol–water partition coefficient (Wildman–Crippen LogP) is 3.52. The van der Waals surface area contributed by atoms with E-state index < -0.39 is 6.10 Å². The van der Waals surface area contributed by atoms with E-state index in [0.717, 1.165) is 12.0 Å². The van der Waals surface area contributed by atoms with Crippen LogP contribution in [0.25, 0.3) is 0 Å². The molecule has 94 valence electrons. The molecule has 0 amide bonds. The number of Topliss-reactive ketones (excluding diaryl/α,β-unsaturated/α-hetero) is 1. The Morgan fingerprint density at radius 1 is 1.35 bits per heavy atom. The number of ketones is 1. The number of carbonyl (C=O) groups is 1. The van der Waals surface area contributed by atoms with Crippen LogP contribution in [0.1, 0.15) is 42.6 Å². The minimum absolute atomic E-state index is 0.128. The number of halogens is 1. The highest BCUT2D eigenvalue weighted by molar-refractivity contribution is 5.99. The summed E-state index contributed by atoms with van der Waals surface area (Å²) in [4.78, 5) is 12.1. The molecule has 0 aromatic heterocycles. The second-order valence-corrected chi connectivity index (χ2v) is 4.11. The maximum absolute atomic E-state index is 13.2. The van der Waals surface area contributed by atoms with E-state index >= 15 is 0 Å². The molecule has 17 heavy (non-hydrogen) atoms. The Labute approximate surface area is 102 Å². The Kier molecular flexibility index (Phi) is 5.29. The molecule has 0 aliphatic rings. The van der Waals surface area contributed by atoms with Gasteiger partial charge in [0.1, 0.15) is 11.9 Å². The maximum atomic E-state index is 13.2. The van der Waals surface area contributed by atoms with Gasteiger partial charge >= 0.3 is 0 Å². The van der Waals surface area contributed by atoms with Crippen LogP contribution in [0.4, 0.5) is 4.39 Å². The molecule has 0 N–H and O–H groups in total. The molecule has 0 saturated carbocycles. The lowest BCUT2D eigenvalue weighted by Crippen LogP contribution is -2.24. The van der Waals surface area contributed by atoms with Gasteiger partial charge in [0.05, 0.1) is 0 Å². The summed E-state index contributed by atoms with van der Waals surface area (Å²) in [7, 11) is 0. The summed E-state index contributed by atoms with van der Waals surface area (Å²) < 4.78 is 18.6. The lowest BCUT2D eigenvalue weighted by molar-refractivity contribution is 0.0423. The first-order valence-electron chi connectivity index (χ1n) is 6.01. The summed E-state index contributed by atoms with van der Waals surface area (Å²) in [5.41, 5.74) is 1.15. The number of benzene rings is 1. The highest BCUT2D eigenvalue weighted by atomic mass is 19.1. The number of hydrogen-bond donors (Lipinski definition) is 0. The predicted molar refractivity (Wildman–Crippen MR) is 65.8 cm³/mol. The van der Waals surface area contributed by atoms with Gasteiger partial charge in [0.2, 0.25) is 0 Å². The second-order valence-electron chi connectivity index (χ2n) is 4.11. The third kappa shape index (κ3) is 3.93. The van der Waals surface area contributed by atoms with E-state index in [2.05, 4.69) is 0 Å². The standard InChI is InChI=1S/C14H19FO2/c1-4-6-13(17-5-2)14(16)11-7-10(3)8-12(15)9-11/h7-9,13H,4-6H2,1-3H3. The molecule has 0 aliphatic heterocycles. The first-order chi connectivity index (χ1) is 8.08. The molecule has 0 radical (unpaired) electrons. The summed E-state index contributed by atoms with van der Waals surface area (Å²) in [5.74, 6) is -0.503. The fourth-order valence-electron chi connectivity index (χ4n) is 1.82. The minimum atomic E-state index is -0.453. The van der Waals surface area contributed by atoms with Crippen molar-refractivity contribution < 1.29 is 13.9 Å². The molecule has 1 atom stereocenters. The van der Waals surface area contributed by atoms with Crippen LogP contribution in [-0.4, -0.2) is 18.5 Å². The van der Waals surface area contributed by atoms with Crippen molar-refractivity contribution in [1.29, 1.82) is 0 Å². The van der Waals surface area contributed by atoms with Gasteiger partial charge in [-0.1, -0.05) is 13.3 Å². The zero-order valence-electron chi connectivity index (χ0n) is 10.6. The second kappa shape index (κ2) is 6.50. The van der Waals surface area contributed by atoms with Crippen LogP contribution in [0, 0.1) is 12.7 Å². The van der Waals surface area contributed by atoms with E-state index in [-0.39, 0.29) is 11.6 Å². The van der Waals surface area contributed by atoms with E-state index in [1.54, 1.807) is 13.0 Å². The van der Waals surface area contributed by atoms with Crippen LogP contribution < -0.4 is 0 Å². The molecule has 0 aliphatic carbocycles. The van der Waals surface area contributed by atoms with Gasteiger partial charge in [0.25, 0.3) is 0 Å². The van der Waals surface area contributed by atoms with E-state index in [1.807, 2.05) is 13.8 Å². The molecule has 0 spiro atoms. The van der Waals surface area contributed by atoms with Gasteiger partial charge in [0.15, 0.2) is 5.78 Å².